The average molecular weight is 186 g/mol. The number of hydrogen-bond donors (Lipinski definition) is 2. The first-order valence-electron chi connectivity index (χ1n) is 4.87. The molecule has 0 bridgehead atoms. The number of nitrogens with two attached hydrogens (primary N) is 1. The van der Waals surface area contributed by atoms with Gasteiger partial charge in [0.2, 0.25) is 0 Å². The zero-order chi connectivity index (χ0) is 9.84. The average Bonchev–Trinajstić information content (AvgIpc) is 2.17. The van der Waals surface area contributed by atoms with Gasteiger partial charge in [-0.15, -0.1) is 0 Å². The summed E-state index contributed by atoms with van der Waals surface area (Å²) in [7, 11) is 0. The lowest BCUT2D eigenvalue weighted by atomic mass is 10.1. The molecule has 1 aliphatic heterocycles. The van der Waals surface area contributed by atoms with Gasteiger partial charge in [0.15, 0.2) is 0 Å². The minimum atomic E-state index is -0.825. The van der Waals surface area contributed by atoms with Crippen LogP contribution in [0.1, 0.15) is 26.2 Å². The predicted molar refractivity (Wildman–Crippen MR) is 50.1 cm³/mol. The first kappa shape index (κ1) is 10.5. The van der Waals surface area contributed by atoms with Crippen LogP contribution in [0.2, 0.25) is 0 Å². The lowest BCUT2D eigenvalue weighted by Crippen LogP contribution is -2.46. The number of rotatable bonds is 2. The van der Waals surface area contributed by atoms with Crippen LogP contribution in [0.3, 0.4) is 0 Å². The van der Waals surface area contributed by atoms with Crippen molar-refractivity contribution < 1.29 is 9.90 Å². The summed E-state index contributed by atoms with van der Waals surface area (Å²) in [4.78, 5) is 13.2. The highest BCUT2D eigenvalue weighted by Gasteiger charge is 2.24. The Hall–Kier alpha value is -0.610. The van der Waals surface area contributed by atoms with Gasteiger partial charge in [-0.2, -0.15) is 0 Å². The number of amides is 1. The molecule has 0 saturated carbocycles. The molecule has 4 heteroatoms. The summed E-state index contributed by atoms with van der Waals surface area (Å²) < 4.78 is 0. The molecule has 1 rings (SSSR count). The van der Waals surface area contributed by atoms with Crippen molar-refractivity contribution in [3.63, 3.8) is 0 Å². The molecule has 3 N–H and O–H groups in total. The lowest BCUT2D eigenvalue weighted by molar-refractivity contribution is -0.141. The van der Waals surface area contributed by atoms with Gasteiger partial charge < -0.3 is 15.7 Å². The van der Waals surface area contributed by atoms with E-state index in [1.807, 2.05) is 0 Å². The smallest absolute Gasteiger partial charge is 0.251 e. The number of nitrogens with zero attached hydrogens (tertiary/aromatic N) is 1. The van der Waals surface area contributed by atoms with E-state index in [1.54, 1.807) is 11.8 Å². The number of carbonyl (C=O) groups is 1. The van der Waals surface area contributed by atoms with Gasteiger partial charge in [0.05, 0.1) is 0 Å². The second-order valence-electron chi connectivity index (χ2n) is 3.59. The fraction of sp³-hybridized carbons (Fsp3) is 0.889. The van der Waals surface area contributed by atoms with E-state index >= 15 is 0 Å². The molecule has 1 heterocycles. The van der Waals surface area contributed by atoms with Crippen LogP contribution in [0.25, 0.3) is 0 Å². The Morgan fingerprint density at radius 1 is 1.62 bits per heavy atom. The minimum Gasteiger partial charge on any atom is -0.383 e. The maximum atomic E-state index is 11.5. The molecule has 1 unspecified atom stereocenters. The zero-order valence-corrected chi connectivity index (χ0v) is 8.07. The molecule has 1 amide bonds. The number of aliphatic hydroxyl groups excluding tert-OH is 1. The minimum absolute atomic E-state index is 0.144. The largest absolute Gasteiger partial charge is 0.383 e. The van der Waals surface area contributed by atoms with Gasteiger partial charge in [-0.3, -0.25) is 4.79 Å². The third-order valence-electron chi connectivity index (χ3n) is 2.52. The molecule has 0 aromatic rings. The van der Waals surface area contributed by atoms with Crippen LogP contribution in [0, 0.1) is 0 Å². The van der Waals surface area contributed by atoms with E-state index < -0.39 is 6.10 Å². The Balaban J connectivity index is 2.40. The van der Waals surface area contributed by atoms with Crippen molar-refractivity contribution in [2.24, 2.45) is 5.73 Å². The Morgan fingerprint density at radius 3 is 2.62 bits per heavy atom. The van der Waals surface area contributed by atoms with E-state index in [1.165, 1.54) is 0 Å². The fourth-order valence-electron chi connectivity index (χ4n) is 1.51. The molecule has 76 valence electrons. The summed E-state index contributed by atoms with van der Waals surface area (Å²) in [5, 5.41) is 9.32. The number of likely N-dealkylation sites (tertiary alicyclic amines) is 1. The summed E-state index contributed by atoms with van der Waals surface area (Å²) in [6, 6.07) is 0.225. The van der Waals surface area contributed by atoms with Crippen molar-refractivity contribution >= 4 is 5.91 Å². The molecule has 0 radical (unpaired) electrons. The molecule has 0 aliphatic carbocycles. The van der Waals surface area contributed by atoms with E-state index in [-0.39, 0.29) is 11.9 Å². The summed E-state index contributed by atoms with van der Waals surface area (Å²) in [6.45, 7) is 3.19. The normalized spacial score (nSPS) is 21.6. The standard InChI is InChI=1S/C9H18N2O2/c1-2-8(12)9(13)11-5-3-7(10)4-6-11/h7-8,12H,2-6,10H2,1H3. The molecule has 1 saturated heterocycles. The number of piperidine rings is 1. The number of carbonyl (C=O) groups excluding carboxylic acids is 1. The molecule has 0 spiro atoms. The van der Waals surface area contributed by atoms with E-state index in [0.717, 1.165) is 12.8 Å². The van der Waals surface area contributed by atoms with Crippen molar-refractivity contribution in [2.75, 3.05) is 13.1 Å². The van der Waals surface area contributed by atoms with Crippen LogP contribution in [0.4, 0.5) is 0 Å². The molecule has 1 fully saturated rings. The van der Waals surface area contributed by atoms with E-state index in [0.29, 0.717) is 19.5 Å². The number of aliphatic hydroxyl groups is 1. The van der Waals surface area contributed by atoms with Gasteiger partial charge in [0.25, 0.3) is 5.91 Å². The van der Waals surface area contributed by atoms with Crippen molar-refractivity contribution in [3.05, 3.63) is 0 Å². The molecule has 1 aliphatic rings. The van der Waals surface area contributed by atoms with Crippen LogP contribution >= 0.6 is 0 Å². The van der Waals surface area contributed by atoms with Gasteiger partial charge in [0.1, 0.15) is 6.10 Å². The predicted octanol–water partition coefficient (Wildman–Crippen LogP) is -0.293. The van der Waals surface area contributed by atoms with Crippen LogP contribution in [-0.4, -0.2) is 41.1 Å². The molecule has 13 heavy (non-hydrogen) atoms. The zero-order valence-electron chi connectivity index (χ0n) is 8.07. The Bertz CT molecular complexity index is 176. The molecule has 4 nitrogen and oxygen atoms in total. The van der Waals surface area contributed by atoms with E-state index in [4.69, 9.17) is 5.73 Å². The quantitative estimate of drug-likeness (QED) is 0.622. The van der Waals surface area contributed by atoms with Crippen molar-refractivity contribution in [1.82, 2.24) is 4.90 Å². The SMILES string of the molecule is CCC(O)C(=O)N1CCC(N)CC1. The van der Waals surface area contributed by atoms with Gasteiger partial charge in [0, 0.05) is 19.1 Å². The molecular formula is C9H18N2O2. The Labute approximate surface area is 78.7 Å². The first-order valence-corrected chi connectivity index (χ1v) is 4.87. The lowest BCUT2D eigenvalue weighted by Gasteiger charge is -2.31. The van der Waals surface area contributed by atoms with Crippen LogP contribution < -0.4 is 5.73 Å². The van der Waals surface area contributed by atoms with Crippen molar-refractivity contribution in [3.8, 4) is 0 Å². The molecular weight excluding hydrogens is 168 g/mol. The van der Waals surface area contributed by atoms with Crippen LogP contribution in [0.5, 0.6) is 0 Å². The highest BCUT2D eigenvalue weighted by Crippen LogP contribution is 2.10. The fourth-order valence-corrected chi connectivity index (χ4v) is 1.51. The summed E-state index contributed by atoms with van der Waals surface area (Å²) in [6.07, 6.45) is 1.36. The third kappa shape index (κ3) is 2.67. The Kier molecular flexibility index (Phi) is 3.69. The molecule has 0 aromatic carbocycles. The van der Waals surface area contributed by atoms with E-state index in [2.05, 4.69) is 0 Å². The third-order valence-corrected chi connectivity index (χ3v) is 2.52. The van der Waals surface area contributed by atoms with Gasteiger partial charge in [-0.05, 0) is 19.3 Å². The van der Waals surface area contributed by atoms with E-state index in [9.17, 15) is 9.90 Å². The summed E-state index contributed by atoms with van der Waals surface area (Å²) in [5.74, 6) is -0.144. The topological polar surface area (TPSA) is 66.6 Å². The van der Waals surface area contributed by atoms with Gasteiger partial charge >= 0.3 is 0 Å². The highest BCUT2D eigenvalue weighted by molar-refractivity contribution is 5.80. The van der Waals surface area contributed by atoms with Gasteiger partial charge in [-0.25, -0.2) is 0 Å². The monoisotopic (exact) mass is 186 g/mol. The maximum absolute atomic E-state index is 11.5. The molecule has 1 atom stereocenters. The maximum Gasteiger partial charge on any atom is 0.251 e. The van der Waals surface area contributed by atoms with Crippen LogP contribution in [0.15, 0.2) is 0 Å². The van der Waals surface area contributed by atoms with Crippen LogP contribution in [-0.2, 0) is 4.79 Å². The van der Waals surface area contributed by atoms with Crippen molar-refractivity contribution in [1.29, 1.82) is 0 Å². The highest BCUT2D eigenvalue weighted by atomic mass is 16.3. The Morgan fingerprint density at radius 2 is 2.15 bits per heavy atom. The van der Waals surface area contributed by atoms with Gasteiger partial charge in [-0.1, -0.05) is 6.92 Å². The molecule has 0 aromatic heterocycles. The van der Waals surface area contributed by atoms with Crippen molar-refractivity contribution in [2.45, 2.75) is 38.3 Å². The first-order chi connectivity index (χ1) is 6.15. The number of hydrogen-bond acceptors (Lipinski definition) is 3. The summed E-state index contributed by atoms with van der Waals surface area (Å²) in [5.41, 5.74) is 5.71. The summed E-state index contributed by atoms with van der Waals surface area (Å²) >= 11 is 0. The second kappa shape index (κ2) is 4.58. The second-order valence-corrected chi connectivity index (χ2v) is 3.59.